The third kappa shape index (κ3) is 5.72. The van der Waals surface area contributed by atoms with Gasteiger partial charge in [0.2, 0.25) is 0 Å². The number of allylic oxidation sites excluding steroid dienone is 1. The van der Waals surface area contributed by atoms with E-state index in [4.69, 9.17) is 5.11 Å². The smallest absolute Gasteiger partial charge is 0.328 e. The van der Waals surface area contributed by atoms with E-state index in [9.17, 15) is 15.0 Å². The van der Waals surface area contributed by atoms with Crippen molar-refractivity contribution in [3.05, 3.63) is 11.6 Å². The summed E-state index contributed by atoms with van der Waals surface area (Å²) >= 11 is 0. The highest BCUT2D eigenvalue weighted by Crippen LogP contribution is 2.16. The van der Waals surface area contributed by atoms with Crippen LogP contribution in [0.15, 0.2) is 11.6 Å². The number of carbonyl (C=O) groups is 1. The Balaban J connectivity index is 4.01. The highest BCUT2D eigenvalue weighted by atomic mass is 16.4. The minimum atomic E-state index is -1.14. The number of rotatable bonds is 5. The molecule has 4 nitrogen and oxygen atoms in total. The molecule has 4 heteroatoms. The van der Waals surface area contributed by atoms with Gasteiger partial charge in [-0.05, 0) is 33.6 Å². The van der Waals surface area contributed by atoms with Crippen molar-refractivity contribution in [3.8, 4) is 0 Å². The lowest BCUT2D eigenvalue weighted by Crippen LogP contribution is -2.35. The zero-order valence-corrected chi connectivity index (χ0v) is 8.82. The lowest BCUT2D eigenvalue weighted by atomic mass is 9.96. The van der Waals surface area contributed by atoms with Gasteiger partial charge in [-0.25, -0.2) is 4.79 Å². The summed E-state index contributed by atoms with van der Waals surface area (Å²) in [6.07, 6.45) is 1.10. The lowest BCUT2D eigenvalue weighted by molar-refractivity contribution is -0.131. The molecule has 1 atom stereocenters. The molecule has 0 saturated heterocycles. The molecule has 0 rings (SSSR count). The van der Waals surface area contributed by atoms with Crippen LogP contribution >= 0.6 is 0 Å². The number of aliphatic carboxylic acids is 1. The van der Waals surface area contributed by atoms with Gasteiger partial charge in [0.1, 0.15) is 0 Å². The fourth-order valence-corrected chi connectivity index (χ4v) is 1.00. The molecule has 0 aliphatic rings. The van der Waals surface area contributed by atoms with Crippen LogP contribution in [0.2, 0.25) is 0 Å². The molecule has 0 spiro atoms. The van der Waals surface area contributed by atoms with E-state index in [1.807, 2.05) is 0 Å². The Hall–Kier alpha value is -0.870. The molecule has 0 saturated carbocycles. The van der Waals surface area contributed by atoms with Crippen LogP contribution in [0.5, 0.6) is 0 Å². The molecule has 0 bridgehead atoms. The quantitative estimate of drug-likeness (QED) is 0.579. The SMILES string of the molecule is C/C(=C\C(=O)O)CC[C@H](O)C(C)(C)O. The predicted octanol–water partition coefficient (Wildman–Crippen LogP) is 0.929. The van der Waals surface area contributed by atoms with Crippen LogP contribution < -0.4 is 0 Å². The van der Waals surface area contributed by atoms with Crippen molar-refractivity contribution in [2.75, 3.05) is 0 Å². The maximum absolute atomic E-state index is 10.3. The molecule has 14 heavy (non-hydrogen) atoms. The Labute approximate surface area is 83.9 Å². The first kappa shape index (κ1) is 13.1. The van der Waals surface area contributed by atoms with Gasteiger partial charge in [0.15, 0.2) is 0 Å². The first-order valence-corrected chi connectivity index (χ1v) is 4.54. The summed E-state index contributed by atoms with van der Waals surface area (Å²) in [6.45, 7) is 4.73. The van der Waals surface area contributed by atoms with Gasteiger partial charge in [-0.1, -0.05) is 5.57 Å². The van der Waals surface area contributed by atoms with Crippen molar-refractivity contribution in [1.29, 1.82) is 0 Å². The van der Waals surface area contributed by atoms with Gasteiger partial charge in [-0.15, -0.1) is 0 Å². The van der Waals surface area contributed by atoms with Crippen LogP contribution in [0, 0.1) is 0 Å². The van der Waals surface area contributed by atoms with E-state index >= 15 is 0 Å². The molecule has 82 valence electrons. The molecule has 0 aromatic carbocycles. The molecular formula is C10H18O4. The van der Waals surface area contributed by atoms with Gasteiger partial charge >= 0.3 is 5.97 Å². The second-order valence-corrected chi connectivity index (χ2v) is 4.04. The van der Waals surface area contributed by atoms with Gasteiger partial charge in [-0.3, -0.25) is 0 Å². The molecule has 3 N–H and O–H groups in total. The van der Waals surface area contributed by atoms with Crippen molar-refractivity contribution < 1.29 is 20.1 Å². The Morgan fingerprint density at radius 2 is 2.00 bits per heavy atom. The van der Waals surface area contributed by atoms with Crippen LogP contribution in [-0.2, 0) is 4.79 Å². The Bertz CT molecular complexity index is 225. The van der Waals surface area contributed by atoms with Crippen molar-refractivity contribution in [2.24, 2.45) is 0 Å². The van der Waals surface area contributed by atoms with E-state index in [2.05, 4.69) is 0 Å². The van der Waals surface area contributed by atoms with E-state index in [1.165, 1.54) is 13.8 Å². The number of aliphatic hydroxyl groups excluding tert-OH is 1. The highest BCUT2D eigenvalue weighted by molar-refractivity contribution is 5.80. The van der Waals surface area contributed by atoms with Crippen molar-refractivity contribution in [2.45, 2.75) is 45.3 Å². The number of carboxylic acids is 1. The molecule has 0 amide bonds. The first-order valence-electron chi connectivity index (χ1n) is 4.54. The summed E-state index contributed by atoms with van der Waals surface area (Å²) in [6, 6.07) is 0. The fraction of sp³-hybridized carbons (Fsp3) is 0.700. The minimum Gasteiger partial charge on any atom is -0.478 e. The van der Waals surface area contributed by atoms with Gasteiger partial charge in [0.05, 0.1) is 11.7 Å². The van der Waals surface area contributed by atoms with Crippen molar-refractivity contribution in [3.63, 3.8) is 0 Å². The number of carboxylic acid groups (broad SMARTS) is 1. The third-order valence-electron chi connectivity index (χ3n) is 2.00. The van der Waals surface area contributed by atoms with E-state index < -0.39 is 17.7 Å². The Morgan fingerprint density at radius 3 is 2.36 bits per heavy atom. The minimum absolute atomic E-state index is 0.360. The second-order valence-electron chi connectivity index (χ2n) is 4.04. The molecule has 0 fully saturated rings. The molecule has 0 aliphatic carbocycles. The molecule has 0 aromatic rings. The highest BCUT2D eigenvalue weighted by Gasteiger charge is 2.23. The van der Waals surface area contributed by atoms with Crippen LogP contribution in [0.4, 0.5) is 0 Å². The van der Waals surface area contributed by atoms with E-state index in [0.717, 1.165) is 6.08 Å². The molecule has 0 unspecified atom stereocenters. The maximum atomic E-state index is 10.3. The lowest BCUT2D eigenvalue weighted by Gasteiger charge is -2.24. The largest absolute Gasteiger partial charge is 0.478 e. The van der Waals surface area contributed by atoms with Gasteiger partial charge < -0.3 is 15.3 Å². The topological polar surface area (TPSA) is 77.8 Å². The molecule has 0 heterocycles. The van der Waals surface area contributed by atoms with Gasteiger partial charge in [-0.2, -0.15) is 0 Å². The van der Waals surface area contributed by atoms with Gasteiger partial charge in [0.25, 0.3) is 0 Å². The Kier molecular flexibility index (Phi) is 4.80. The monoisotopic (exact) mass is 202 g/mol. The normalized spacial score (nSPS) is 15.4. The predicted molar refractivity (Wildman–Crippen MR) is 52.9 cm³/mol. The van der Waals surface area contributed by atoms with Crippen molar-refractivity contribution in [1.82, 2.24) is 0 Å². The van der Waals surface area contributed by atoms with E-state index in [0.29, 0.717) is 18.4 Å². The van der Waals surface area contributed by atoms with E-state index in [-0.39, 0.29) is 0 Å². The molecular weight excluding hydrogens is 184 g/mol. The fourth-order valence-electron chi connectivity index (χ4n) is 1.00. The van der Waals surface area contributed by atoms with Crippen LogP contribution in [0.1, 0.15) is 33.6 Å². The Morgan fingerprint density at radius 1 is 1.50 bits per heavy atom. The van der Waals surface area contributed by atoms with Crippen LogP contribution in [-0.4, -0.2) is 33.0 Å². The molecule has 0 radical (unpaired) electrons. The first-order chi connectivity index (χ1) is 6.23. The zero-order valence-electron chi connectivity index (χ0n) is 8.82. The maximum Gasteiger partial charge on any atom is 0.328 e. The van der Waals surface area contributed by atoms with Crippen LogP contribution in [0.25, 0.3) is 0 Å². The summed E-state index contributed by atoms with van der Waals surface area (Å²) < 4.78 is 0. The average molecular weight is 202 g/mol. The summed E-state index contributed by atoms with van der Waals surface area (Å²) in [5, 5.41) is 27.3. The third-order valence-corrected chi connectivity index (χ3v) is 2.00. The summed E-state index contributed by atoms with van der Waals surface area (Å²) in [5.41, 5.74) is -0.454. The molecule has 0 aromatic heterocycles. The average Bonchev–Trinajstić information content (AvgIpc) is 1.96. The van der Waals surface area contributed by atoms with E-state index in [1.54, 1.807) is 6.92 Å². The second kappa shape index (κ2) is 5.12. The molecule has 0 aliphatic heterocycles. The zero-order chi connectivity index (χ0) is 11.4. The number of aliphatic hydroxyl groups is 2. The van der Waals surface area contributed by atoms with Gasteiger partial charge in [0, 0.05) is 6.08 Å². The standard InChI is InChI=1S/C10H18O4/c1-7(6-9(12)13)4-5-8(11)10(2,3)14/h6,8,11,14H,4-5H2,1-3H3,(H,12,13)/b7-6+/t8-/m0/s1. The number of hydrogen-bond acceptors (Lipinski definition) is 3. The van der Waals surface area contributed by atoms with Crippen LogP contribution in [0.3, 0.4) is 0 Å². The summed E-state index contributed by atoms with van der Waals surface area (Å²) in [7, 11) is 0. The number of hydrogen-bond donors (Lipinski definition) is 3. The summed E-state index contributed by atoms with van der Waals surface area (Å²) in [4.78, 5) is 10.3. The summed E-state index contributed by atoms with van der Waals surface area (Å²) in [5.74, 6) is -0.986. The van der Waals surface area contributed by atoms with Crippen molar-refractivity contribution >= 4 is 5.97 Å².